The van der Waals surface area contributed by atoms with Gasteiger partial charge in [0.05, 0.1) is 24.4 Å². The molecule has 0 aromatic heterocycles. The third-order valence-corrected chi connectivity index (χ3v) is 7.19. The predicted octanol–water partition coefficient (Wildman–Crippen LogP) is 3.08. The predicted molar refractivity (Wildman–Crippen MR) is 130 cm³/mol. The smallest absolute Gasteiger partial charge is 0.258 e. The minimum Gasteiger partial charge on any atom is -0.496 e. The fourth-order valence-electron chi connectivity index (χ4n) is 5.29. The Morgan fingerprint density at radius 2 is 2.09 bits per heavy atom. The number of amidine groups is 1. The summed E-state index contributed by atoms with van der Waals surface area (Å²) >= 11 is 6.20. The van der Waals surface area contributed by atoms with E-state index < -0.39 is 0 Å². The van der Waals surface area contributed by atoms with Gasteiger partial charge in [-0.1, -0.05) is 11.6 Å². The van der Waals surface area contributed by atoms with Gasteiger partial charge in [-0.3, -0.25) is 4.79 Å². The number of hydrogen-bond acceptors (Lipinski definition) is 7. The van der Waals surface area contributed by atoms with Gasteiger partial charge in [-0.25, -0.2) is 10.0 Å². The number of rotatable bonds is 3. The molecule has 33 heavy (non-hydrogen) atoms. The second kappa shape index (κ2) is 8.99. The Kier molecular flexibility index (Phi) is 6.05. The van der Waals surface area contributed by atoms with Gasteiger partial charge < -0.3 is 20.3 Å². The van der Waals surface area contributed by atoms with Crippen molar-refractivity contribution in [3.05, 3.63) is 40.6 Å². The van der Waals surface area contributed by atoms with Crippen molar-refractivity contribution in [2.45, 2.75) is 57.3 Å². The number of piperidine rings is 1. The van der Waals surface area contributed by atoms with Crippen molar-refractivity contribution in [1.82, 2.24) is 14.8 Å². The average Bonchev–Trinajstić information content (AvgIpc) is 3.43. The molecule has 4 aliphatic heterocycles. The van der Waals surface area contributed by atoms with Crippen LogP contribution in [0.3, 0.4) is 0 Å². The Balaban J connectivity index is 1.38. The van der Waals surface area contributed by atoms with E-state index in [1.807, 2.05) is 9.91 Å². The molecule has 0 spiro atoms. The van der Waals surface area contributed by atoms with Gasteiger partial charge in [0.25, 0.3) is 5.91 Å². The largest absolute Gasteiger partial charge is 0.496 e. The van der Waals surface area contributed by atoms with E-state index in [2.05, 4.69) is 18.0 Å². The Morgan fingerprint density at radius 3 is 2.85 bits per heavy atom. The molecule has 2 N–H and O–H groups in total. The number of aliphatic imine (C=N–C) groups is 1. The summed E-state index contributed by atoms with van der Waals surface area (Å²) < 4.78 is 5.45. The Labute approximate surface area is 199 Å². The maximum Gasteiger partial charge on any atom is 0.258 e. The summed E-state index contributed by atoms with van der Waals surface area (Å²) in [5.74, 6) is 1.51. The van der Waals surface area contributed by atoms with Crippen molar-refractivity contribution in [2.24, 2.45) is 15.8 Å². The normalized spacial score (nSPS) is 27.2. The summed E-state index contributed by atoms with van der Waals surface area (Å²) in [4.78, 5) is 22.9. The number of amides is 1. The van der Waals surface area contributed by atoms with Crippen LogP contribution in [0.4, 0.5) is 0 Å². The zero-order chi connectivity index (χ0) is 23.1. The Morgan fingerprint density at radius 1 is 1.24 bits per heavy atom. The molecule has 9 heteroatoms. The first kappa shape index (κ1) is 22.2. The molecule has 2 unspecified atom stereocenters. The molecular weight excluding hydrogens is 440 g/mol. The highest BCUT2D eigenvalue weighted by molar-refractivity contribution is 6.31. The third-order valence-electron chi connectivity index (χ3n) is 6.96. The van der Waals surface area contributed by atoms with E-state index in [1.165, 1.54) is 0 Å². The minimum atomic E-state index is -0.0615. The van der Waals surface area contributed by atoms with E-state index in [0.717, 1.165) is 55.9 Å². The highest BCUT2D eigenvalue weighted by Gasteiger charge is 2.39. The van der Waals surface area contributed by atoms with E-state index in [-0.39, 0.29) is 24.2 Å². The highest BCUT2D eigenvalue weighted by Crippen LogP contribution is 2.32. The molecule has 0 bridgehead atoms. The SMILES string of the molecule is COc1ccc(Cl)cc1C(=O)N1CCCC[C@H]1C1=NN2C=C(C)C(N3CCC(N)C3)=NC2C1. The number of hydrogen-bond donors (Lipinski definition) is 1. The van der Waals surface area contributed by atoms with Crippen molar-refractivity contribution < 1.29 is 9.53 Å². The number of carbonyl (C=O) groups excluding carboxylic acids is 1. The van der Waals surface area contributed by atoms with Crippen molar-refractivity contribution in [3.63, 3.8) is 0 Å². The lowest BCUT2D eigenvalue weighted by Gasteiger charge is -2.36. The first-order valence-corrected chi connectivity index (χ1v) is 12.1. The van der Waals surface area contributed by atoms with E-state index >= 15 is 0 Å². The van der Waals surface area contributed by atoms with Crippen LogP contribution in [0.5, 0.6) is 5.75 Å². The van der Waals surface area contributed by atoms with Crippen LogP contribution in [0.15, 0.2) is 40.1 Å². The van der Waals surface area contributed by atoms with Crippen LogP contribution in [0.1, 0.15) is 49.4 Å². The minimum absolute atomic E-state index is 0.0481. The summed E-state index contributed by atoms with van der Waals surface area (Å²) in [7, 11) is 1.57. The van der Waals surface area contributed by atoms with Crippen molar-refractivity contribution >= 4 is 29.1 Å². The van der Waals surface area contributed by atoms with Gasteiger partial charge in [0.15, 0.2) is 0 Å². The maximum absolute atomic E-state index is 13.6. The van der Waals surface area contributed by atoms with Gasteiger partial charge in [-0.15, -0.1) is 0 Å². The second-order valence-electron chi connectivity index (χ2n) is 9.27. The molecule has 176 valence electrons. The van der Waals surface area contributed by atoms with Crippen LogP contribution in [0.25, 0.3) is 0 Å². The number of fused-ring (bicyclic) bond motifs is 1. The molecule has 3 atom stereocenters. The summed E-state index contributed by atoms with van der Waals surface area (Å²) in [6, 6.07) is 5.34. The van der Waals surface area contributed by atoms with Gasteiger partial charge >= 0.3 is 0 Å². The first-order chi connectivity index (χ1) is 15.9. The average molecular weight is 471 g/mol. The third kappa shape index (κ3) is 4.22. The lowest BCUT2D eigenvalue weighted by molar-refractivity contribution is 0.0675. The molecule has 1 aromatic carbocycles. The molecule has 0 aliphatic carbocycles. The summed E-state index contributed by atoms with van der Waals surface area (Å²) in [5, 5.41) is 7.40. The Hall–Kier alpha value is -2.58. The summed E-state index contributed by atoms with van der Waals surface area (Å²) in [5.41, 5.74) is 8.73. The van der Waals surface area contributed by atoms with Crippen LogP contribution >= 0.6 is 11.6 Å². The van der Waals surface area contributed by atoms with Crippen molar-refractivity contribution in [1.29, 1.82) is 0 Å². The molecule has 0 saturated carbocycles. The quantitative estimate of drug-likeness (QED) is 0.733. The number of nitrogens with zero attached hydrogens (tertiary/aromatic N) is 5. The van der Waals surface area contributed by atoms with Crippen LogP contribution in [-0.4, -0.2) is 77.3 Å². The number of benzene rings is 1. The first-order valence-electron chi connectivity index (χ1n) is 11.7. The van der Waals surface area contributed by atoms with Crippen molar-refractivity contribution in [2.75, 3.05) is 26.7 Å². The summed E-state index contributed by atoms with van der Waals surface area (Å²) in [6.07, 6.45) is 6.67. The van der Waals surface area contributed by atoms with E-state index in [4.69, 9.17) is 32.2 Å². The van der Waals surface area contributed by atoms with Crippen LogP contribution in [0.2, 0.25) is 5.02 Å². The van der Waals surface area contributed by atoms with Gasteiger partial charge in [-0.2, -0.15) is 5.10 Å². The summed E-state index contributed by atoms with van der Waals surface area (Å²) in [6.45, 7) is 4.56. The Bertz CT molecular complexity index is 1040. The second-order valence-corrected chi connectivity index (χ2v) is 9.71. The molecule has 1 amide bonds. The number of likely N-dealkylation sites (tertiary alicyclic amines) is 2. The van der Waals surface area contributed by atoms with Crippen LogP contribution < -0.4 is 10.5 Å². The van der Waals surface area contributed by atoms with Gasteiger partial charge in [-0.05, 0) is 50.8 Å². The van der Waals surface area contributed by atoms with Gasteiger partial charge in [0.1, 0.15) is 17.8 Å². The number of carbonyl (C=O) groups is 1. The van der Waals surface area contributed by atoms with Crippen LogP contribution in [-0.2, 0) is 0 Å². The number of ether oxygens (including phenoxy) is 1. The molecule has 4 aliphatic rings. The van der Waals surface area contributed by atoms with Crippen molar-refractivity contribution in [3.8, 4) is 5.75 Å². The molecule has 2 fully saturated rings. The highest BCUT2D eigenvalue weighted by atomic mass is 35.5. The topological polar surface area (TPSA) is 86.8 Å². The lowest BCUT2D eigenvalue weighted by Crippen LogP contribution is -2.48. The zero-order valence-electron chi connectivity index (χ0n) is 19.2. The standard InChI is InChI=1S/C24H31ClN6O2/c1-15-13-31-22(27-23(15)29-10-8-17(26)14-29)12-19(28-31)20-5-3-4-9-30(20)24(32)18-11-16(25)6-7-21(18)33-2/h6-7,11,13,17,20,22H,3-5,8-10,12,14,26H2,1-2H3/t17?,20-,22?/m0/s1. The lowest BCUT2D eigenvalue weighted by atomic mass is 9.95. The number of nitrogens with two attached hydrogens (primary N) is 1. The van der Waals surface area contributed by atoms with E-state index in [0.29, 0.717) is 29.3 Å². The molecule has 0 radical (unpaired) electrons. The monoisotopic (exact) mass is 470 g/mol. The fourth-order valence-corrected chi connectivity index (χ4v) is 5.46. The molecule has 8 nitrogen and oxygen atoms in total. The molecule has 5 rings (SSSR count). The molecular formula is C24H31ClN6O2. The van der Waals surface area contributed by atoms with Gasteiger partial charge in [0, 0.05) is 48.9 Å². The zero-order valence-corrected chi connectivity index (χ0v) is 20.0. The van der Waals surface area contributed by atoms with Crippen LogP contribution in [0, 0.1) is 0 Å². The van der Waals surface area contributed by atoms with E-state index in [9.17, 15) is 4.79 Å². The number of halogens is 1. The number of hydrazone groups is 1. The fraction of sp³-hybridized carbons (Fsp3) is 0.542. The van der Waals surface area contributed by atoms with E-state index in [1.54, 1.807) is 25.3 Å². The number of methoxy groups -OCH3 is 1. The van der Waals surface area contributed by atoms with Gasteiger partial charge in [0.2, 0.25) is 0 Å². The molecule has 4 heterocycles. The maximum atomic E-state index is 13.6. The molecule has 2 saturated heterocycles. The molecule has 1 aromatic rings.